The van der Waals surface area contributed by atoms with Crippen LogP contribution in [0, 0.1) is 3.57 Å². The predicted octanol–water partition coefficient (Wildman–Crippen LogP) is 2.64. The van der Waals surface area contributed by atoms with Crippen molar-refractivity contribution in [3.63, 3.8) is 0 Å². The van der Waals surface area contributed by atoms with Crippen molar-refractivity contribution in [2.75, 3.05) is 13.2 Å². The minimum atomic E-state index is -0.505. The molecule has 0 aliphatic heterocycles. The highest BCUT2D eigenvalue weighted by molar-refractivity contribution is 14.1. The molecule has 0 atom stereocenters. The topological polar surface area (TPSA) is 52.6 Å². The fourth-order valence-corrected chi connectivity index (χ4v) is 2.03. The van der Waals surface area contributed by atoms with Gasteiger partial charge in [0.25, 0.3) is 0 Å². The molecule has 0 bridgehead atoms. The van der Waals surface area contributed by atoms with E-state index in [1.54, 1.807) is 32.0 Å². The van der Waals surface area contributed by atoms with Gasteiger partial charge in [0, 0.05) is 3.57 Å². The summed E-state index contributed by atoms with van der Waals surface area (Å²) < 4.78 is 10.5. The van der Waals surface area contributed by atoms with Crippen LogP contribution in [0.5, 0.6) is 0 Å². The number of ether oxygens (including phenoxy) is 2. The molecule has 0 saturated carbocycles. The molecule has 0 radical (unpaired) electrons. The van der Waals surface area contributed by atoms with Crippen LogP contribution in [-0.2, 0) is 9.47 Å². The zero-order valence-corrected chi connectivity index (χ0v) is 11.8. The SMILES string of the molecule is CCOC(=O)c1cccc(I)c1C(=O)OCC. The van der Waals surface area contributed by atoms with Crippen LogP contribution in [0.4, 0.5) is 0 Å². The maximum Gasteiger partial charge on any atom is 0.340 e. The first kappa shape index (κ1) is 14.0. The van der Waals surface area contributed by atoms with Gasteiger partial charge in [-0.25, -0.2) is 9.59 Å². The van der Waals surface area contributed by atoms with Crippen LogP contribution in [0.2, 0.25) is 0 Å². The number of halogens is 1. The lowest BCUT2D eigenvalue weighted by Crippen LogP contribution is -2.15. The lowest BCUT2D eigenvalue weighted by Gasteiger charge is -2.09. The molecule has 4 nitrogen and oxygen atoms in total. The monoisotopic (exact) mass is 348 g/mol. The summed E-state index contributed by atoms with van der Waals surface area (Å²) in [6.07, 6.45) is 0. The molecule has 0 heterocycles. The zero-order chi connectivity index (χ0) is 12.8. The number of esters is 2. The third-order valence-electron chi connectivity index (χ3n) is 1.99. The van der Waals surface area contributed by atoms with Crippen molar-refractivity contribution in [1.29, 1.82) is 0 Å². The van der Waals surface area contributed by atoms with Gasteiger partial charge in [-0.1, -0.05) is 6.07 Å². The second kappa shape index (κ2) is 6.58. The summed E-state index contributed by atoms with van der Waals surface area (Å²) in [5.74, 6) is -1.00. The van der Waals surface area contributed by atoms with Crippen LogP contribution in [0.1, 0.15) is 34.6 Å². The maximum absolute atomic E-state index is 11.8. The van der Waals surface area contributed by atoms with Crippen LogP contribution in [0.3, 0.4) is 0 Å². The molecule has 5 heteroatoms. The van der Waals surface area contributed by atoms with Gasteiger partial charge in [0.15, 0.2) is 0 Å². The summed E-state index contributed by atoms with van der Waals surface area (Å²) in [5, 5.41) is 0. The van der Waals surface area contributed by atoms with E-state index in [1.165, 1.54) is 0 Å². The number of carbonyl (C=O) groups is 2. The van der Waals surface area contributed by atoms with Crippen LogP contribution in [-0.4, -0.2) is 25.2 Å². The number of hydrogen-bond donors (Lipinski definition) is 0. The van der Waals surface area contributed by atoms with E-state index in [-0.39, 0.29) is 24.3 Å². The first-order valence-electron chi connectivity index (χ1n) is 5.24. The van der Waals surface area contributed by atoms with Crippen molar-refractivity contribution in [3.8, 4) is 0 Å². The van der Waals surface area contributed by atoms with E-state index in [0.29, 0.717) is 3.57 Å². The number of carbonyl (C=O) groups excluding carboxylic acids is 2. The summed E-state index contributed by atoms with van der Waals surface area (Å²) in [6, 6.07) is 5.01. The first-order valence-corrected chi connectivity index (χ1v) is 6.32. The molecule has 1 rings (SSSR count). The van der Waals surface area contributed by atoms with Gasteiger partial charge in [-0.3, -0.25) is 0 Å². The molecule has 0 unspecified atom stereocenters. The van der Waals surface area contributed by atoms with Gasteiger partial charge in [0.05, 0.1) is 24.3 Å². The predicted molar refractivity (Wildman–Crippen MR) is 71.1 cm³/mol. The first-order chi connectivity index (χ1) is 8.11. The van der Waals surface area contributed by atoms with E-state index < -0.39 is 11.9 Å². The zero-order valence-electron chi connectivity index (χ0n) is 9.66. The molecular weight excluding hydrogens is 335 g/mol. The Hall–Kier alpha value is -1.11. The average molecular weight is 348 g/mol. The molecule has 0 fully saturated rings. The van der Waals surface area contributed by atoms with Crippen LogP contribution < -0.4 is 0 Å². The van der Waals surface area contributed by atoms with Crippen LogP contribution in [0.25, 0.3) is 0 Å². The van der Waals surface area contributed by atoms with Crippen molar-refractivity contribution >= 4 is 34.5 Å². The fraction of sp³-hybridized carbons (Fsp3) is 0.333. The van der Waals surface area contributed by atoms with Crippen molar-refractivity contribution in [1.82, 2.24) is 0 Å². The molecule has 92 valence electrons. The summed E-state index contributed by atoms with van der Waals surface area (Å²) in [7, 11) is 0. The lowest BCUT2D eigenvalue weighted by molar-refractivity contribution is 0.0478. The third kappa shape index (κ3) is 3.42. The van der Waals surface area contributed by atoms with E-state index in [4.69, 9.17) is 9.47 Å². The Kier molecular flexibility index (Phi) is 5.40. The number of benzene rings is 1. The Morgan fingerprint density at radius 3 is 2.29 bits per heavy atom. The van der Waals surface area contributed by atoms with E-state index in [2.05, 4.69) is 0 Å². The minimum Gasteiger partial charge on any atom is -0.462 e. The number of hydrogen-bond acceptors (Lipinski definition) is 4. The Morgan fingerprint density at radius 2 is 1.71 bits per heavy atom. The Morgan fingerprint density at radius 1 is 1.12 bits per heavy atom. The van der Waals surface area contributed by atoms with Gasteiger partial charge < -0.3 is 9.47 Å². The van der Waals surface area contributed by atoms with Crippen molar-refractivity contribution in [3.05, 3.63) is 32.9 Å². The quantitative estimate of drug-likeness (QED) is 0.620. The molecule has 0 aromatic heterocycles. The normalized spacial score (nSPS) is 9.82. The lowest BCUT2D eigenvalue weighted by atomic mass is 10.1. The van der Waals surface area contributed by atoms with Gasteiger partial charge in [-0.15, -0.1) is 0 Å². The molecule has 0 saturated heterocycles. The second-order valence-corrected chi connectivity index (χ2v) is 4.27. The standard InChI is InChI=1S/C12H13IO4/c1-3-16-11(14)8-6-5-7-9(13)10(8)12(15)17-4-2/h5-7H,3-4H2,1-2H3. The molecule has 1 aromatic carbocycles. The molecule has 1 aromatic rings. The third-order valence-corrected chi connectivity index (χ3v) is 2.89. The van der Waals surface area contributed by atoms with Gasteiger partial charge in [0.2, 0.25) is 0 Å². The van der Waals surface area contributed by atoms with Gasteiger partial charge in [0.1, 0.15) is 0 Å². The molecule has 0 N–H and O–H groups in total. The average Bonchev–Trinajstić information content (AvgIpc) is 2.29. The molecule has 17 heavy (non-hydrogen) atoms. The van der Waals surface area contributed by atoms with Gasteiger partial charge in [-0.2, -0.15) is 0 Å². The molecule has 0 aliphatic rings. The molecule has 0 spiro atoms. The van der Waals surface area contributed by atoms with Crippen molar-refractivity contribution < 1.29 is 19.1 Å². The van der Waals surface area contributed by atoms with E-state index in [1.807, 2.05) is 22.6 Å². The Bertz CT molecular complexity index is 429. The summed E-state index contributed by atoms with van der Waals surface area (Å²) in [4.78, 5) is 23.5. The second-order valence-electron chi connectivity index (χ2n) is 3.10. The smallest absolute Gasteiger partial charge is 0.340 e. The highest BCUT2D eigenvalue weighted by atomic mass is 127. The van der Waals surface area contributed by atoms with Crippen molar-refractivity contribution in [2.24, 2.45) is 0 Å². The summed E-state index contributed by atoms with van der Waals surface area (Å²) in [5.41, 5.74) is 0.519. The highest BCUT2D eigenvalue weighted by Crippen LogP contribution is 2.19. The highest BCUT2D eigenvalue weighted by Gasteiger charge is 2.21. The molecular formula is C12H13IO4. The van der Waals surface area contributed by atoms with Gasteiger partial charge >= 0.3 is 11.9 Å². The Labute approximate surface area is 113 Å². The van der Waals surface area contributed by atoms with Crippen LogP contribution in [0.15, 0.2) is 18.2 Å². The summed E-state index contributed by atoms with van der Waals surface area (Å²) >= 11 is 1.99. The van der Waals surface area contributed by atoms with Crippen molar-refractivity contribution in [2.45, 2.75) is 13.8 Å². The Balaban J connectivity index is 3.17. The minimum absolute atomic E-state index is 0.247. The van der Waals surface area contributed by atoms with E-state index in [9.17, 15) is 9.59 Å². The van der Waals surface area contributed by atoms with Gasteiger partial charge in [-0.05, 0) is 48.6 Å². The maximum atomic E-state index is 11.8. The largest absolute Gasteiger partial charge is 0.462 e. The van der Waals surface area contributed by atoms with E-state index in [0.717, 1.165) is 0 Å². The number of rotatable bonds is 4. The summed E-state index contributed by atoms with van der Waals surface area (Å²) in [6.45, 7) is 3.98. The fourth-order valence-electron chi connectivity index (χ4n) is 1.31. The molecule has 0 aliphatic carbocycles. The van der Waals surface area contributed by atoms with E-state index >= 15 is 0 Å². The van der Waals surface area contributed by atoms with Crippen LogP contribution >= 0.6 is 22.6 Å². The molecule has 0 amide bonds.